The molecule has 4 nitrogen and oxygen atoms in total. The molecule has 0 radical (unpaired) electrons. The Bertz CT molecular complexity index is 1070. The fourth-order valence-corrected chi connectivity index (χ4v) is 2.62. The third kappa shape index (κ3) is 6.27. The molecule has 0 atom stereocenters. The number of sulfone groups is 1. The second kappa shape index (κ2) is 8.89. The van der Waals surface area contributed by atoms with Gasteiger partial charge in [-0.2, -0.15) is 5.26 Å². The summed E-state index contributed by atoms with van der Waals surface area (Å²) in [5.74, 6) is -0.294. The molecule has 0 unspecified atom stereocenters. The molecule has 0 N–H and O–H groups in total. The van der Waals surface area contributed by atoms with E-state index in [2.05, 4.69) is 27.0 Å². The van der Waals surface area contributed by atoms with Crippen LogP contribution in [-0.2, 0) is 9.84 Å². The van der Waals surface area contributed by atoms with Crippen molar-refractivity contribution in [1.82, 2.24) is 4.98 Å². The van der Waals surface area contributed by atoms with Crippen LogP contribution in [0.15, 0.2) is 65.3 Å². The first-order valence-electron chi connectivity index (χ1n) is 7.76. The van der Waals surface area contributed by atoms with Gasteiger partial charge in [-0.05, 0) is 51.8 Å². The molecule has 1 aromatic heterocycles. The zero-order chi connectivity index (χ0) is 20.0. The number of nitrogens with zero attached hydrogens (tertiary/aromatic N) is 2. The molecule has 0 aliphatic carbocycles. The van der Waals surface area contributed by atoms with Crippen molar-refractivity contribution in [2.24, 2.45) is 0 Å². The highest BCUT2D eigenvalue weighted by Gasteiger charge is 2.13. The molecule has 0 aliphatic rings. The lowest BCUT2D eigenvalue weighted by Gasteiger charge is -2.11. The molecule has 7 heteroatoms. The van der Waals surface area contributed by atoms with Gasteiger partial charge in [-0.1, -0.05) is 30.3 Å². The highest BCUT2D eigenvalue weighted by Crippen LogP contribution is 2.33. The molecule has 3 rings (SSSR count). The van der Waals surface area contributed by atoms with Crippen LogP contribution in [-0.4, -0.2) is 25.9 Å². The minimum Gasteiger partial charge on any atom is -0.239 e. The van der Waals surface area contributed by atoms with Gasteiger partial charge in [0.15, 0.2) is 0 Å². The molecular formula is C20H16BrFN2O2S. The Kier molecular flexibility index (Phi) is 6.83. The van der Waals surface area contributed by atoms with Gasteiger partial charge in [-0.3, -0.25) is 0 Å². The second-order valence-electron chi connectivity index (χ2n) is 5.85. The maximum atomic E-state index is 13.2. The summed E-state index contributed by atoms with van der Waals surface area (Å²) in [6.07, 6.45) is 2.32. The molecule has 3 aromatic rings. The van der Waals surface area contributed by atoms with E-state index in [4.69, 9.17) is 0 Å². The van der Waals surface area contributed by atoms with E-state index >= 15 is 0 Å². The topological polar surface area (TPSA) is 70.8 Å². The normalized spacial score (nSPS) is 10.5. The molecule has 0 spiro atoms. The van der Waals surface area contributed by atoms with Crippen molar-refractivity contribution in [3.63, 3.8) is 0 Å². The second-order valence-corrected chi connectivity index (χ2v) is 8.89. The van der Waals surface area contributed by atoms with Crippen molar-refractivity contribution in [1.29, 1.82) is 5.26 Å². The third-order valence-corrected chi connectivity index (χ3v) is 3.90. The van der Waals surface area contributed by atoms with Crippen LogP contribution in [0, 0.1) is 17.1 Å². The van der Waals surface area contributed by atoms with Gasteiger partial charge < -0.3 is 0 Å². The minimum absolute atomic E-state index is 0.294. The summed E-state index contributed by atoms with van der Waals surface area (Å²) in [5, 5.41) is 9.22. The van der Waals surface area contributed by atoms with Gasteiger partial charge in [-0.15, -0.1) is 0 Å². The van der Waals surface area contributed by atoms with Crippen LogP contribution in [0.4, 0.5) is 4.39 Å². The van der Waals surface area contributed by atoms with Crippen LogP contribution in [0.5, 0.6) is 0 Å². The van der Waals surface area contributed by atoms with Crippen LogP contribution in [0.1, 0.15) is 5.56 Å². The molecule has 0 aliphatic heterocycles. The summed E-state index contributed by atoms with van der Waals surface area (Å²) in [6.45, 7) is 0. The van der Waals surface area contributed by atoms with Crippen LogP contribution < -0.4 is 0 Å². The SMILES string of the molecule is CS(C)(=O)=O.N#Cc1cc(-c2ccccc2)c(-c2ccc(F)cc2)nc1Br. The molecule has 27 heavy (non-hydrogen) atoms. The van der Waals surface area contributed by atoms with Crippen molar-refractivity contribution in [3.05, 3.63) is 76.6 Å². The number of hydrogen-bond donors (Lipinski definition) is 0. The van der Waals surface area contributed by atoms with Crippen molar-refractivity contribution < 1.29 is 12.8 Å². The number of pyridine rings is 1. The van der Waals surface area contributed by atoms with E-state index in [-0.39, 0.29) is 5.82 Å². The number of hydrogen-bond acceptors (Lipinski definition) is 4. The zero-order valence-electron chi connectivity index (χ0n) is 14.6. The largest absolute Gasteiger partial charge is 0.239 e. The summed E-state index contributed by atoms with van der Waals surface area (Å²) < 4.78 is 32.9. The summed E-state index contributed by atoms with van der Waals surface area (Å²) in [7, 11) is -2.67. The lowest BCUT2D eigenvalue weighted by molar-refractivity contribution is 0.607. The van der Waals surface area contributed by atoms with Gasteiger partial charge in [0, 0.05) is 23.6 Å². The zero-order valence-corrected chi connectivity index (χ0v) is 17.1. The summed E-state index contributed by atoms with van der Waals surface area (Å²) in [5.41, 5.74) is 3.76. The third-order valence-electron chi connectivity index (χ3n) is 3.30. The van der Waals surface area contributed by atoms with Crippen LogP contribution in [0.3, 0.4) is 0 Å². The molecule has 0 saturated heterocycles. The molecule has 2 aromatic carbocycles. The maximum Gasteiger partial charge on any atom is 0.144 e. The van der Waals surface area contributed by atoms with Gasteiger partial charge in [0.25, 0.3) is 0 Å². The van der Waals surface area contributed by atoms with E-state index in [0.29, 0.717) is 15.9 Å². The molecule has 0 amide bonds. The molecule has 1 heterocycles. The Hall–Kier alpha value is -2.56. The number of rotatable bonds is 2. The maximum absolute atomic E-state index is 13.2. The number of benzene rings is 2. The fraction of sp³-hybridized carbons (Fsp3) is 0.100. The standard InChI is InChI=1S/C18H10BrFN2.C2H6O2S/c19-18-14(11-21)10-16(12-4-2-1-3-5-12)17(22-18)13-6-8-15(20)9-7-13;1-5(2,3)4/h1-10H;1-2H3. The van der Waals surface area contributed by atoms with Gasteiger partial charge in [0.1, 0.15) is 26.3 Å². The molecule has 0 fully saturated rings. The van der Waals surface area contributed by atoms with Crippen molar-refractivity contribution in [3.8, 4) is 28.5 Å². The molecular weight excluding hydrogens is 431 g/mol. The Balaban J connectivity index is 0.000000465. The Labute approximate surface area is 166 Å². The van der Waals surface area contributed by atoms with Crippen LogP contribution in [0.2, 0.25) is 0 Å². The molecule has 138 valence electrons. The Morgan fingerprint density at radius 3 is 2.07 bits per heavy atom. The quantitative estimate of drug-likeness (QED) is 0.527. The summed E-state index contributed by atoms with van der Waals surface area (Å²) in [4.78, 5) is 4.49. The monoisotopic (exact) mass is 446 g/mol. The molecule has 0 saturated carbocycles. The van der Waals surface area contributed by atoms with Crippen LogP contribution in [0.25, 0.3) is 22.4 Å². The van der Waals surface area contributed by atoms with Gasteiger partial charge in [0.2, 0.25) is 0 Å². The highest BCUT2D eigenvalue weighted by atomic mass is 79.9. The van der Waals surface area contributed by atoms with Gasteiger partial charge >= 0.3 is 0 Å². The van der Waals surface area contributed by atoms with Crippen LogP contribution >= 0.6 is 15.9 Å². The van der Waals surface area contributed by atoms with Crippen molar-refractivity contribution >= 4 is 25.8 Å². The van der Waals surface area contributed by atoms with E-state index in [1.54, 1.807) is 18.2 Å². The van der Waals surface area contributed by atoms with Gasteiger partial charge in [0.05, 0.1) is 11.3 Å². The van der Waals surface area contributed by atoms with E-state index < -0.39 is 9.84 Å². The Morgan fingerprint density at radius 2 is 1.56 bits per heavy atom. The Morgan fingerprint density at radius 1 is 1.00 bits per heavy atom. The average Bonchev–Trinajstić information content (AvgIpc) is 2.61. The minimum atomic E-state index is -2.67. The van der Waals surface area contributed by atoms with E-state index in [1.807, 2.05) is 30.3 Å². The number of aromatic nitrogens is 1. The highest BCUT2D eigenvalue weighted by molar-refractivity contribution is 9.10. The van der Waals surface area contributed by atoms with E-state index in [9.17, 15) is 18.1 Å². The fourth-order valence-electron chi connectivity index (χ4n) is 2.23. The summed E-state index contributed by atoms with van der Waals surface area (Å²) >= 11 is 3.32. The first kappa shape index (κ1) is 20.7. The van der Waals surface area contributed by atoms with Gasteiger partial charge in [-0.25, -0.2) is 17.8 Å². The first-order valence-corrected chi connectivity index (χ1v) is 10.9. The number of nitriles is 1. The lowest BCUT2D eigenvalue weighted by atomic mass is 9.98. The molecule has 0 bridgehead atoms. The van der Waals surface area contributed by atoms with Crippen molar-refractivity contribution in [2.45, 2.75) is 0 Å². The predicted molar refractivity (Wildman–Crippen MR) is 108 cm³/mol. The average molecular weight is 447 g/mol. The smallest absolute Gasteiger partial charge is 0.144 e. The lowest BCUT2D eigenvalue weighted by Crippen LogP contribution is -1.94. The first-order chi connectivity index (χ1) is 12.7. The van der Waals surface area contributed by atoms with E-state index in [0.717, 1.165) is 29.2 Å². The number of halogens is 2. The predicted octanol–water partition coefficient (Wildman–Crippen LogP) is 4.85. The summed E-state index contributed by atoms with van der Waals surface area (Å²) in [6, 6.07) is 19.8. The van der Waals surface area contributed by atoms with E-state index in [1.165, 1.54) is 12.1 Å². The van der Waals surface area contributed by atoms with Crippen molar-refractivity contribution in [2.75, 3.05) is 12.5 Å².